The summed E-state index contributed by atoms with van der Waals surface area (Å²) in [5.41, 5.74) is 0. The fourth-order valence-corrected chi connectivity index (χ4v) is 1.35. The zero-order chi connectivity index (χ0) is 13.4. The Kier molecular flexibility index (Phi) is 7.24. The van der Waals surface area contributed by atoms with Gasteiger partial charge in [0.05, 0.1) is 19.1 Å². The number of carboxylic acid groups (broad SMARTS) is 1. The Morgan fingerprint density at radius 1 is 1.18 bits per heavy atom. The molecule has 1 atom stereocenters. The van der Waals surface area contributed by atoms with Crippen molar-refractivity contribution in [2.24, 2.45) is 5.92 Å². The molecule has 0 aromatic heterocycles. The molecule has 1 unspecified atom stereocenters. The minimum atomic E-state index is -0.972. The minimum absolute atomic E-state index is 0.0848. The molecule has 0 aromatic carbocycles. The summed E-state index contributed by atoms with van der Waals surface area (Å²) < 4.78 is 0. The highest BCUT2D eigenvalue weighted by Gasteiger charge is 2.21. The van der Waals surface area contributed by atoms with E-state index < -0.39 is 17.9 Å². The van der Waals surface area contributed by atoms with Crippen molar-refractivity contribution >= 4 is 12.0 Å². The van der Waals surface area contributed by atoms with Gasteiger partial charge < -0.3 is 25.1 Å². The van der Waals surface area contributed by atoms with Crippen LogP contribution in [0.2, 0.25) is 0 Å². The number of carboxylic acids is 1. The van der Waals surface area contributed by atoms with Crippen LogP contribution in [0.25, 0.3) is 0 Å². The minimum Gasteiger partial charge on any atom is -0.481 e. The number of nitrogens with zero attached hydrogens (tertiary/aromatic N) is 2. The molecule has 0 aromatic rings. The largest absolute Gasteiger partial charge is 0.481 e. The molecule has 0 saturated heterocycles. The van der Waals surface area contributed by atoms with Crippen LogP contribution in [0.3, 0.4) is 0 Å². The summed E-state index contributed by atoms with van der Waals surface area (Å²) in [6.45, 7) is 1.43. The molecule has 0 fully saturated rings. The van der Waals surface area contributed by atoms with Gasteiger partial charge in [-0.15, -0.1) is 0 Å². The van der Waals surface area contributed by atoms with E-state index in [1.807, 2.05) is 0 Å². The summed E-state index contributed by atoms with van der Waals surface area (Å²) >= 11 is 0. The highest BCUT2D eigenvalue weighted by Crippen LogP contribution is 2.02. The number of urea groups is 1. The van der Waals surface area contributed by atoms with Gasteiger partial charge in [0, 0.05) is 26.7 Å². The number of aliphatic hydroxyl groups excluding tert-OH is 2. The van der Waals surface area contributed by atoms with Crippen molar-refractivity contribution in [3.63, 3.8) is 0 Å². The van der Waals surface area contributed by atoms with Crippen LogP contribution in [0.15, 0.2) is 0 Å². The van der Waals surface area contributed by atoms with E-state index in [1.165, 1.54) is 23.8 Å². The molecular weight excluding hydrogens is 228 g/mol. The SMILES string of the molecule is CC(CN(C)C(=O)N(CCO)CCO)C(=O)O. The van der Waals surface area contributed by atoms with Gasteiger partial charge in [-0.25, -0.2) is 4.79 Å². The third-order valence-corrected chi connectivity index (χ3v) is 2.31. The van der Waals surface area contributed by atoms with Crippen molar-refractivity contribution in [2.45, 2.75) is 6.92 Å². The van der Waals surface area contributed by atoms with E-state index in [9.17, 15) is 9.59 Å². The lowest BCUT2D eigenvalue weighted by molar-refractivity contribution is -0.141. The smallest absolute Gasteiger partial charge is 0.319 e. The van der Waals surface area contributed by atoms with Gasteiger partial charge in [-0.1, -0.05) is 6.92 Å². The maximum atomic E-state index is 11.8. The Morgan fingerprint density at radius 3 is 2.00 bits per heavy atom. The molecule has 7 heteroatoms. The number of rotatable bonds is 7. The predicted octanol–water partition coefficient (Wildman–Crippen LogP) is -0.954. The number of hydrogen-bond acceptors (Lipinski definition) is 4. The maximum absolute atomic E-state index is 11.8. The van der Waals surface area contributed by atoms with Crippen LogP contribution in [0.4, 0.5) is 4.79 Å². The first-order valence-corrected chi connectivity index (χ1v) is 5.38. The standard InChI is InChI=1S/C10H20N2O5/c1-8(9(15)16)7-11(2)10(17)12(3-5-13)4-6-14/h8,13-14H,3-7H2,1-2H3,(H,15,16). The second-order valence-corrected chi connectivity index (χ2v) is 3.84. The van der Waals surface area contributed by atoms with Gasteiger partial charge in [-0.3, -0.25) is 4.79 Å². The average Bonchev–Trinajstić information content (AvgIpc) is 2.27. The summed E-state index contributed by atoms with van der Waals surface area (Å²) in [6, 6.07) is -0.402. The van der Waals surface area contributed by atoms with Gasteiger partial charge in [-0.2, -0.15) is 0 Å². The molecule has 3 N–H and O–H groups in total. The summed E-state index contributed by atoms with van der Waals surface area (Å²) in [5, 5.41) is 26.3. The quantitative estimate of drug-likeness (QED) is 0.539. The Balaban J connectivity index is 4.38. The van der Waals surface area contributed by atoms with E-state index in [1.54, 1.807) is 0 Å². The van der Waals surface area contributed by atoms with Crippen LogP contribution < -0.4 is 0 Å². The molecule has 0 rings (SSSR count). The summed E-state index contributed by atoms with van der Waals surface area (Å²) in [6.07, 6.45) is 0. The number of aliphatic carboxylic acids is 1. The van der Waals surface area contributed by atoms with Crippen molar-refractivity contribution < 1.29 is 24.9 Å². The van der Waals surface area contributed by atoms with Gasteiger partial charge in [0.15, 0.2) is 0 Å². The molecule has 0 radical (unpaired) electrons. The first-order valence-electron chi connectivity index (χ1n) is 5.38. The Hall–Kier alpha value is -1.34. The predicted molar refractivity (Wildman–Crippen MR) is 60.6 cm³/mol. The summed E-state index contributed by atoms with van der Waals surface area (Å²) in [5.74, 6) is -1.63. The summed E-state index contributed by atoms with van der Waals surface area (Å²) in [4.78, 5) is 25.0. The van der Waals surface area contributed by atoms with E-state index in [4.69, 9.17) is 15.3 Å². The zero-order valence-corrected chi connectivity index (χ0v) is 10.2. The molecular formula is C10H20N2O5. The molecule has 0 spiro atoms. The number of aliphatic hydroxyl groups is 2. The number of amides is 2. The van der Waals surface area contributed by atoms with Crippen LogP contribution in [0.1, 0.15) is 6.92 Å². The highest BCUT2D eigenvalue weighted by molar-refractivity contribution is 5.75. The van der Waals surface area contributed by atoms with Crippen molar-refractivity contribution in [1.29, 1.82) is 0 Å². The number of carbonyl (C=O) groups is 2. The van der Waals surface area contributed by atoms with E-state index in [2.05, 4.69) is 0 Å². The second-order valence-electron chi connectivity index (χ2n) is 3.84. The van der Waals surface area contributed by atoms with Gasteiger partial charge in [0.1, 0.15) is 0 Å². The second kappa shape index (κ2) is 7.86. The monoisotopic (exact) mass is 248 g/mol. The first-order chi connectivity index (χ1) is 7.93. The zero-order valence-electron chi connectivity index (χ0n) is 10.2. The fourth-order valence-electron chi connectivity index (χ4n) is 1.35. The van der Waals surface area contributed by atoms with Crippen LogP contribution in [-0.2, 0) is 4.79 Å². The number of hydrogen-bond donors (Lipinski definition) is 3. The molecule has 0 aliphatic heterocycles. The molecule has 0 bridgehead atoms. The third-order valence-electron chi connectivity index (χ3n) is 2.31. The van der Waals surface area contributed by atoms with Gasteiger partial charge in [0.2, 0.25) is 0 Å². The van der Waals surface area contributed by atoms with E-state index in [0.29, 0.717) is 0 Å². The number of carbonyl (C=O) groups excluding carboxylic acids is 1. The molecule has 17 heavy (non-hydrogen) atoms. The van der Waals surface area contributed by atoms with Crippen LogP contribution >= 0.6 is 0 Å². The van der Waals surface area contributed by atoms with Gasteiger partial charge >= 0.3 is 12.0 Å². The lowest BCUT2D eigenvalue weighted by Crippen LogP contribution is -2.45. The van der Waals surface area contributed by atoms with Gasteiger partial charge in [0.25, 0.3) is 0 Å². The van der Waals surface area contributed by atoms with Crippen LogP contribution in [-0.4, -0.2) is 77.0 Å². The van der Waals surface area contributed by atoms with Crippen LogP contribution in [0.5, 0.6) is 0 Å². The molecule has 7 nitrogen and oxygen atoms in total. The Morgan fingerprint density at radius 2 is 1.65 bits per heavy atom. The Bertz CT molecular complexity index is 253. The van der Waals surface area contributed by atoms with Crippen LogP contribution in [0, 0.1) is 5.92 Å². The van der Waals surface area contributed by atoms with E-state index in [-0.39, 0.29) is 32.8 Å². The lowest BCUT2D eigenvalue weighted by atomic mass is 10.2. The molecule has 0 saturated carbocycles. The van der Waals surface area contributed by atoms with Crippen molar-refractivity contribution in [1.82, 2.24) is 9.80 Å². The topological polar surface area (TPSA) is 101 Å². The van der Waals surface area contributed by atoms with E-state index >= 15 is 0 Å². The van der Waals surface area contributed by atoms with Crippen molar-refractivity contribution in [3.8, 4) is 0 Å². The van der Waals surface area contributed by atoms with Crippen molar-refractivity contribution in [3.05, 3.63) is 0 Å². The molecule has 0 aliphatic rings. The normalized spacial score (nSPS) is 12.0. The molecule has 100 valence electrons. The first kappa shape index (κ1) is 15.7. The van der Waals surface area contributed by atoms with Crippen molar-refractivity contribution in [2.75, 3.05) is 39.9 Å². The lowest BCUT2D eigenvalue weighted by Gasteiger charge is -2.28. The molecule has 2 amide bonds. The Labute approximate surface area is 100 Å². The highest BCUT2D eigenvalue weighted by atomic mass is 16.4. The average molecular weight is 248 g/mol. The fraction of sp³-hybridized carbons (Fsp3) is 0.800. The van der Waals surface area contributed by atoms with E-state index in [0.717, 1.165) is 0 Å². The maximum Gasteiger partial charge on any atom is 0.319 e. The molecule has 0 aliphatic carbocycles. The molecule has 0 heterocycles. The summed E-state index contributed by atoms with van der Waals surface area (Å²) in [7, 11) is 1.49. The third kappa shape index (κ3) is 5.50. The van der Waals surface area contributed by atoms with Gasteiger partial charge in [-0.05, 0) is 0 Å².